The highest BCUT2D eigenvalue weighted by molar-refractivity contribution is 7.99. The lowest BCUT2D eigenvalue weighted by atomic mass is 10.1. The summed E-state index contributed by atoms with van der Waals surface area (Å²) >= 11 is 1.58. The third-order valence-electron chi connectivity index (χ3n) is 3.32. The predicted molar refractivity (Wildman–Crippen MR) is 94.1 cm³/mol. The van der Waals surface area contributed by atoms with Gasteiger partial charge in [0, 0.05) is 17.9 Å². The number of aryl methyl sites for hydroxylation is 1. The number of carbonyl (C=O) groups is 2. The molecule has 2 aromatic carbocycles. The summed E-state index contributed by atoms with van der Waals surface area (Å²) in [5.74, 6) is 0.729. The Morgan fingerprint density at radius 2 is 1.83 bits per heavy atom. The van der Waals surface area contributed by atoms with Crippen LogP contribution in [0.5, 0.6) is 0 Å². The zero-order valence-corrected chi connectivity index (χ0v) is 13.9. The second-order valence-corrected chi connectivity index (χ2v) is 6.31. The third-order valence-corrected chi connectivity index (χ3v) is 4.33. The first-order valence-corrected chi connectivity index (χ1v) is 8.49. The number of hydrogen-bond acceptors (Lipinski definition) is 3. The van der Waals surface area contributed by atoms with Gasteiger partial charge < -0.3 is 11.1 Å². The normalized spacial score (nSPS) is 10.3. The molecule has 0 unspecified atom stereocenters. The third kappa shape index (κ3) is 5.79. The van der Waals surface area contributed by atoms with Crippen LogP contribution in [0.25, 0.3) is 0 Å². The molecular weight excluding hydrogens is 308 g/mol. The number of nitrogens with two attached hydrogens (primary N) is 1. The van der Waals surface area contributed by atoms with E-state index in [1.807, 2.05) is 6.07 Å². The lowest BCUT2D eigenvalue weighted by Gasteiger charge is -2.07. The van der Waals surface area contributed by atoms with E-state index < -0.39 is 5.91 Å². The molecule has 0 atom stereocenters. The van der Waals surface area contributed by atoms with Gasteiger partial charge in [0.15, 0.2) is 0 Å². The van der Waals surface area contributed by atoms with Crippen LogP contribution in [0.1, 0.15) is 27.0 Å². The zero-order valence-electron chi connectivity index (χ0n) is 13.0. The fraction of sp³-hybridized carbons (Fsp3) is 0.222. The summed E-state index contributed by atoms with van der Waals surface area (Å²) < 4.78 is 0. The van der Waals surface area contributed by atoms with Gasteiger partial charge in [-0.1, -0.05) is 42.0 Å². The Labute approximate surface area is 140 Å². The van der Waals surface area contributed by atoms with Crippen LogP contribution in [0.3, 0.4) is 0 Å². The number of nitrogens with one attached hydrogen (secondary N) is 1. The molecule has 0 aliphatic carbocycles. The van der Waals surface area contributed by atoms with Crippen LogP contribution in [0.2, 0.25) is 0 Å². The Hall–Kier alpha value is -2.27. The lowest BCUT2D eigenvalue weighted by Crippen LogP contribution is -2.24. The van der Waals surface area contributed by atoms with Crippen LogP contribution in [0.4, 0.5) is 0 Å². The monoisotopic (exact) mass is 328 g/mol. The van der Waals surface area contributed by atoms with E-state index in [1.54, 1.807) is 30.0 Å². The van der Waals surface area contributed by atoms with E-state index in [0.29, 0.717) is 17.9 Å². The van der Waals surface area contributed by atoms with E-state index in [2.05, 4.69) is 36.5 Å². The number of carbonyl (C=O) groups excluding carboxylic acids is 2. The van der Waals surface area contributed by atoms with Gasteiger partial charge in [-0.15, -0.1) is 11.8 Å². The van der Waals surface area contributed by atoms with Gasteiger partial charge in [0.25, 0.3) is 0 Å². The highest BCUT2D eigenvalue weighted by Gasteiger charge is 2.04. The molecule has 0 radical (unpaired) electrons. The van der Waals surface area contributed by atoms with Crippen molar-refractivity contribution in [2.75, 3.05) is 5.75 Å². The van der Waals surface area contributed by atoms with Crippen molar-refractivity contribution in [1.29, 1.82) is 0 Å². The quantitative estimate of drug-likeness (QED) is 0.821. The van der Waals surface area contributed by atoms with Gasteiger partial charge in [-0.05, 0) is 30.2 Å². The van der Waals surface area contributed by atoms with Crippen molar-refractivity contribution in [2.24, 2.45) is 5.73 Å². The van der Waals surface area contributed by atoms with Crippen LogP contribution in [-0.4, -0.2) is 17.6 Å². The maximum atomic E-state index is 11.9. The molecule has 0 spiro atoms. The zero-order chi connectivity index (χ0) is 16.7. The summed E-state index contributed by atoms with van der Waals surface area (Å²) in [6.45, 7) is 2.45. The molecule has 120 valence electrons. The average Bonchev–Trinajstić information content (AvgIpc) is 2.55. The Balaban J connectivity index is 1.73. The molecule has 0 saturated heterocycles. The van der Waals surface area contributed by atoms with E-state index >= 15 is 0 Å². The smallest absolute Gasteiger partial charge is 0.248 e. The van der Waals surface area contributed by atoms with E-state index in [1.165, 1.54) is 11.1 Å². The number of thioether (sulfide) groups is 1. The SMILES string of the molecule is Cc1ccc(CSCC(=O)NCc2cccc(C(N)=O)c2)cc1. The Kier molecular flexibility index (Phi) is 6.23. The van der Waals surface area contributed by atoms with E-state index in [-0.39, 0.29) is 5.91 Å². The van der Waals surface area contributed by atoms with Crippen LogP contribution in [0.15, 0.2) is 48.5 Å². The number of rotatable bonds is 7. The van der Waals surface area contributed by atoms with Gasteiger partial charge in [0.2, 0.25) is 11.8 Å². The van der Waals surface area contributed by atoms with Crippen molar-refractivity contribution in [3.63, 3.8) is 0 Å². The number of benzene rings is 2. The molecule has 0 fully saturated rings. The number of primary amides is 1. The Morgan fingerprint density at radius 3 is 2.52 bits per heavy atom. The number of hydrogen-bond donors (Lipinski definition) is 2. The van der Waals surface area contributed by atoms with Gasteiger partial charge in [0.1, 0.15) is 0 Å². The van der Waals surface area contributed by atoms with Crippen molar-refractivity contribution in [1.82, 2.24) is 5.32 Å². The van der Waals surface area contributed by atoms with Crippen molar-refractivity contribution in [3.8, 4) is 0 Å². The van der Waals surface area contributed by atoms with Gasteiger partial charge >= 0.3 is 0 Å². The molecule has 0 saturated carbocycles. The highest BCUT2D eigenvalue weighted by atomic mass is 32.2. The van der Waals surface area contributed by atoms with E-state index in [9.17, 15) is 9.59 Å². The summed E-state index contributed by atoms with van der Waals surface area (Å²) in [6.07, 6.45) is 0. The molecule has 5 heteroatoms. The fourth-order valence-corrected chi connectivity index (χ4v) is 2.85. The minimum Gasteiger partial charge on any atom is -0.366 e. The highest BCUT2D eigenvalue weighted by Crippen LogP contribution is 2.12. The van der Waals surface area contributed by atoms with E-state index in [0.717, 1.165) is 11.3 Å². The summed E-state index contributed by atoms with van der Waals surface area (Å²) in [5.41, 5.74) is 8.99. The molecule has 23 heavy (non-hydrogen) atoms. The summed E-state index contributed by atoms with van der Waals surface area (Å²) in [4.78, 5) is 23.0. The molecule has 4 nitrogen and oxygen atoms in total. The van der Waals surface area contributed by atoms with Crippen LogP contribution in [-0.2, 0) is 17.1 Å². The maximum absolute atomic E-state index is 11.9. The number of amides is 2. The van der Waals surface area contributed by atoms with Gasteiger partial charge in [-0.2, -0.15) is 0 Å². The average molecular weight is 328 g/mol. The molecule has 0 aliphatic heterocycles. The predicted octanol–water partition coefficient (Wildman–Crippen LogP) is 2.64. The molecule has 0 heterocycles. The largest absolute Gasteiger partial charge is 0.366 e. The van der Waals surface area contributed by atoms with Gasteiger partial charge in [0.05, 0.1) is 5.75 Å². The van der Waals surface area contributed by atoms with Crippen molar-refractivity contribution < 1.29 is 9.59 Å². The van der Waals surface area contributed by atoms with Crippen LogP contribution in [0, 0.1) is 6.92 Å². The van der Waals surface area contributed by atoms with Gasteiger partial charge in [-0.3, -0.25) is 9.59 Å². The topological polar surface area (TPSA) is 72.2 Å². The molecule has 0 aromatic heterocycles. The molecule has 0 aliphatic rings. The summed E-state index contributed by atoms with van der Waals surface area (Å²) in [7, 11) is 0. The standard InChI is InChI=1S/C18H20N2O2S/c1-13-5-7-14(8-6-13)11-23-12-17(21)20-10-15-3-2-4-16(9-15)18(19)22/h2-9H,10-12H2,1H3,(H2,19,22)(H,20,21). The Morgan fingerprint density at radius 1 is 1.09 bits per heavy atom. The van der Waals surface area contributed by atoms with Crippen molar-refractivity contribution >= 4 is 23.6 Å². The maximum Gasteiger partial charge on any atom is 0.248 e. The van der Waals surface area contributed by atoms with E-state index in [4.69, 9.17) is 5.73 Å². The second kappa shape index (κ2) is 8.39. The van der Waals surface area contributed by atoms with Gasteiger partial charge in [-0.25, -0.2) is 0 Å². The summed E-state index contributed by atoms with van der Waals surface area (Å²) in [5, 5.41) is 2.85. The van der Waals surface area contributed by atoms with Crippen LogP contribution >= 0.6 is 11.8 Å². The van der Waals surface area contributed by atoms with Crippen LogP contribution < -0.4 is 11.1 Å². The lowest BCUT2D eigenvalue weighted by molar-refractivity contribution is -0.118. The van der Waals surface area contributed by atoms with Crippen molar-refractivity contribution in [2.45, 2.75) is 19.2 Å². The first-order chi connectivity index (χ1) is 11.0. The molecule has 2 aromatic rings. The first kappa shape index (κ1) is 17.1. The fourth-order valence-electron chi connectivity index (χ4n) is 2.03. The van der Waals surface area contributed by atoms with Crippen molar-refractivity contribution in [3.05, 3.63) is 70.8 Å². The molecular formula is C18H20N2O2S. The molecule has 0 bridgehead atoms. The Bertz CT molecular complexity index is 684. The minimum absolute atomic E-state index is 0.0217. The summed E-state index contributed by atoms with van der Waals surface area (Å²) in [6, 6.07) is 15.3. The molecule has 3 N–H and O–H groups in total. The minimum atomic E-state index is -0.466. The first-order valence-electron chi connectivity index (χ1n) is 7.33. The molecule has 2 amide bonds. The molecule has 2 rings (SSSR count). The second-order valence-electron chi connectivity index (χ2n) is 5.32.